The first-order valence-corrected chi connectivity index (χ1v) is 15.1. The second-order valence-corrected chi connectivity index (χ2v) is 14.4. The van der Waals surface area contributed by atoms with Crippen LogP contribution in [0.5, 0.6) is 0 Å². The molecule has 4 aromatic rings. The summed E-state index contributed by atoms with van der Waals surface area (Å²) in [6.07, 6.45) is 0. The average Bonchev–Trinajstić information content (AvgIpc) is 2.86. The average molecular weight is 451 g/mol. The summed E-state index contributed by atoms with van der Waals surface area (Å²) in [7, 11) is -1.81. The van der Waals surface area contributed by atoms with Gasteiger partial charge in [-0.05, 0) is 41.9 Å². The molecule has 4 aromatic carbocycles. The van der Waals surface area contributed by atoms with E-state index in [1.54, 1.807) is 0 Å². The van der Waals surface area contributed by atoms with E-state index >= 15 is 0 Å². The van der Waals surface area contributed by atoms with Crippen molar-refractivity contribution >= 4 is 8.32 Å². The van der Waals surface area contributed by atoms with E-state index in [1.165, 1.54) is 22.3 Å². The largest absolute Gasteiger partial charge is 0.416 e. The Bertz CT molecular complexity index is 1050. The summed E-state index contributed by atoms with van der Waals surface area (Å²) in [6.45, 7) is 9.82. The minimum absolute atomic E-state index is 0.377. The maximum absolute atomic E-state index is 6.83. The molecule has 0 aliphatic heterocycles. The fourth-order valence-electron chi connectivity index (χ4n) is 5.03. The third-order valence-corrected chi connectivity index (χ3v) is 7.82. The first-order chi connectivity index (χ1) is 15.9. The van der Waals surface area contributed by atoms with Crippen LogP contribution in [0.25, 0.3) is 0 Å². The zero-order valence-corrected chi connectivity index (χ0v) is 21.2. The zero-order valence-electron chi connectivity index (χ0n) is 20.2. The van der Waals surface area contributed by atoms with Crippen LogP contribution in [0.1, 0.15) is 29.2 Å². The first kappa shape index (κ1) is 23.2. The number of rotatable bonds is 8. The highest BCUT2D eigenvalue weighted by atomic mass is 28.4. The van der Waals surface area contributed by atoms with Crippen LogP contribution in [0.3, 0.4) is 0 Å². The molecule has 1 nitrogen and oxygen atoms in total. The molecule has 4 rings (SSSR count). The molecule has 0 bridgehead atoms. The molecule has 0 amide bonds. The summed E-state index contributed by atoms with van der Waals surface area (Å²) in [5.74, 6) is 0. The van der Waals surface area contributed by atoms with Gasteiger partial charge in [-0.2, -0.15) is 0 Å². The van der Waals surface area contributed by atoms with Crippen LogP contribution >= 0.6 is 0 Å². The zero-order chi connectivity index (χ0) is 23.4. The molecule has 0 unspecified atom stereocenters. The third kappa shape index (κ3) is 4.46. The van der Waals surface area contributed by atoms with Crippen LogP contribution in [-0.4, -0.2) is 14.9 Å². The van der Waals surface area contributed by atoms with Gasteiger partial charge in [-0.25, -0.2) is 0 Å². The fraction of sp³-hybridized carbons (Fsp3) is 0.226. The van der Waals surface area contributed by atoms with Crippen molar-refractivity contribution in [2.75, 3.05) is 6.61 Å². The maximum atomic E-state index is 6.83. The Morgan fingerprint density at radius 2 is 0.818 bits per heavy atom. The van der Waals surface area contributed by atoms with E-state index in [0.29, 0.717) is 6.61 Å². The summed E-state index contributed by atoms with van der Waals surface area (Å²) >= 11 is 0. The van der Waals surface area contributed by atoms with Gasteiger partial charge in [0, 0.05) is 12.0 Å². The van der Waals surface area contributed by atoms with Crippen LogP contribution in [-0.2, 0) is 15.3 Å². The molecule has 0 heterocycles. The minimum atomic E-state index is -1.81. The Morgan fingerprint density at radius 1 is 0.515 bits per heavy atom. The van der Waals surface area contributed by atoms with Crippen molar-refractivity contribution in [1.29, 1.82) is 0 Å². The molecule has 0 aliphatic rings. The molecule has 0 radical (unpaired) electrons. The van der Waals surface area contributed by atoms with Crippen molar-refractivity contribution in [3.8, 4) is 0 Å². The topological polar surface area (TPSA) is 9.23 Å². The highest BCUT2D eigenvalue weighted by Gasteiger charge is 2.53. The van der Waals surface area contributed by atoms with E-state index in [9.17, 15) is 0 Å². The molecular formula is C31H34OSi. The molecule has 0 fully saturated rings. The van der Waals surface area contributed by atoms with Crippen molar-refractivity contribution in [1.82, 2.24) is 0 Å². The van der Waals surface area contributed by atoms with Crippen LogP contribution in [0.4, 0.5) is 0 Å². The van der Waals surface area contributed by atoms with E-state index in [0.717, 1.165) is 0 Å². The Labute approximate surface area is 200 Å². The summed E-state index contributed by atoms with van der Waals surface area (Å²) in [4.78, 5) is 0. The van der Waals surface area contributed by atoms with E-state index in [2.05, 4.69) is 148 Å². The van der Waals surface area contributed by atoms with Gasteiger partial charge >= 0.3 is 0 Å². The first-order valence-electron chi connectivity index (χ1n) is 11.7. The molecule has 0 N–H and O–H groups in total. The van der Waals surface area contributed by atoms with Crippen LogP contribution in [0.15, 0.2) is 121 Å². The fourth-order valence-corrected chi connectivity index (χ4v) is 5.68. The smallest absolute Gasteiger partial charge is 0.183 e. The molecule has 0 spiro atoms. The SMILES string of the molecule is CC(c1ccccc1)(c1ccccc1)C(CO[Si](C)(C)C)(c1ccccc1)c1ccccc1. The predicted molar refractivity (Wildman–Crippen MR) is 142 cm³/mol. The summed E-state index contributed by atoms with van der Waals surface area (Å²) in [6, 6.07) is 43.7. The maximum Gasteiger partial charge on any atom is 0.183 e. The van der Waals surface area contributed by atoms with Crippen molar-refractivity contribution in [3.05, 3.63) is 144 Å². The Kier molecular flexibility index (Phi) is 6.69. The summed E-state index contributed by atoms with van der Waals surface area (Å²) in [5, 5.41) is 0. The highest BCUT2D eigenvalue weighted by Crippen LogP contribution is 2.53. The lowest BCUT2D eigenvalue weighted by Gasteiger charge is -2.51. The second-order valence-electron chi connectivity index (χ2n) is 9.90. The lowest BCUT2D eigenvalue weighted by atomic mass is 9.53. The van der Waals surface area contributed by atoms with Gasteiger partial charge in [0.2, 0.25) is 0 Å². The van der Waals surface area contributed by atoms with Gasteiger partial charge in [-0.15, -0.1) is 0 Å². The minimum Gasteiger partial charge on any atom is -0.416 e. The van der Waals surface area contributed by atoms with Gasteiger partial charge in [0.15, 0.2) is 8.32 Å². The van der Waals surface area contributed by atoms with Gasteiger partial charge in [0.1, 0.15) is 0 Å². The Balaban J connectivity index is 2.13. The standard InChI is InChI=1S/C31H34OSi/c1-30(26-17-9-5-10-18-26,27-19-11-6-12-20-27)31(25-32-33(2,3)4,28-21-13-7-14-22-28)29-23-15-8-16-24-29/h5-24H,25H2,1-4H3. The molecule has 168 valence electrons. The Morgan fingerprint density at radius 3 is 1.12 bits per heavy atom. The monoisotopic (exact) mass is 450 g/mol. The lowest BCUT2D eigenvalue weighted by Crippen LogP contribution is -2.53. The molecule has 0 aromatic heterocycles. The van der Waals surface area contributed by atoms with Crippen LogP contribution in [0, 0.1) is 0 Å². The van der Waals surface area contributed by atoms with Crippen molar-refractivity contribution in [2.24, 2.45) is 0 Å². The predicted octanol–water partition coefficient (Wildman–Crippen LogP) is 7.83. The lowest BCUT2D eigenvalue weighted by molar-refractivity contribution is 0.181. The van der Waals surface area contributed by atoms with Crippen LogP contribution in [0.2, 0.25) is 19.6 Å². The highest BCUT2D eigenvalue weighted by molar-refractivity contribution is 6.69. The Hall–Kier alpha value is -2.94. The second kappa shape index (κ2) is 9.50. The molecule has 0 aliphatic carbocycles. The van der Waals surface area contributed by atoms with E-state index in [4.69, 9.17) is 4.43 Å². The van der Waals surface area contributed by atoms with Gasteiger partial charge in [-0.1, -0.05) is 128 Å². The molecule has 0 saturated carbocycles. The van der Waals surface area contributed by atoms with Crippen LogP contribution < -0.4 is 0 Å². The van der Waals surface area contributed by atoms with Gasteiger partial charge in [-0.3, -0.25) is 0 Å². The van der Waals surface area contributed by atoms with Crippen molar-refractivity contribution in [3.63, 3.8) is 0 Å². The third-order valence-electron chi connectivity index (χ3n) is 6.81. The quantitative estimate of drug-likeness (QED) is 0.249. The number of hydrogen-bond acceptors (Lipinski definition) is 1. The molecule has 0 saturated heterocycles. The van der Waals surface area contributed by atoms with Gasteiger partial charge in [0.05, 0.1) is 5.41 Å². The molecular weight excluding hydrogens is 416 g/mol. The van der Waals surface area contributed by atoms with Crippen molar-refractivity contribution < 1.29 is 4.43 Å². The van der Waals surface area contributed by atoms with Gasteiger partial charge < -0.3 is 4.43 Å². The van der Waals surface area contributed by atoms with E-state index in [1.807, 2.05) is 0 Å². The number of hydrogen-bond donors (Lipinski definition) is 0. The van der Waals surface area contributed by atoms with Gasteiger partial charge in [0.25, 0.3) is 0 Å². The molecule has 33 heavy (non-hydrogen) atoms. The molecule has 0 atom stereocenters. The van der Waals surface area contributed by atoms with E-state index < -0.39 is 13.7 Å². The number of benzene rings is 4. The normalized spacial score (nSPS) is 12.5. The summed E-state index contributed by atoms with van der Waals surface area (Å²) in [5.41, 5.74) is 4.29. The molecule has 2 heteroatoms. The van der Waals surface area contributed by atoms with Crippen molar-refractivity contribution in [2.45, 2.75) is 37.4 Å². The van der Waals surface area contributed by atoms with E-state index in [-0.39, 0.29) is 5.41 Å². The summed E-state index contributed by atoms with van der Waals surface area (Å²) < 4.78 is 6.83.